The number of rotatable bonds is 7. The number of anilines is 1. The molecular weight excluding hydrogens is 364 g/mol. The summed E-state index contributed by atoms with van der Waals surface area (Å²) in [5, 5.41) is 12.9. The van der Waals surface area contributed by atoms with Gasteiger partial charge in [-0.25, -0.2) is 0 Å². The number of benzene rings is 2. The zero-order chi connectivity index (χ0) is 20.1. The van der Waals surface area contributed by atoms with E-state index in [4.69, 9.17) is 14.2 Å². The third kappa shape index (κ3) is 3.98. The second-order valence-electron chi connectivity index (χ2n) is 5.82. The van der Waals surface area contributed by atoms with Crippen LogP contribution in [0.4, 0.5) is 5.69 Å². The predicted molar refractivity (Wildman–Crippen MR) is 103 cm³/mol. The lowest BCUT2D eigenvalue weighted by molar-refractivity contribution is -0.115. The van der Waals surface area contributed by atoms with Crippen LogP contribution < -0.4 is 24.8 Å². The minimum atomic E-state index is -0.445. The summed E-state index contributed by atoms with van der Waals surface area (Å²) < 4.78 is 15.7. The molecule has 0 radical (unpaired) electrons. The first-order valence-electron chi connectivity index (χ1n) is 8.37. The highest BCUT2D eigenvalue weighted by molar-refractivity contribution is 6.00. The highest BCUT2D eigenvalue weighted by atomic mass is 16.5. The predicted octanol–water partition coefficient (Wildman–Crippen LogP) is 1.96. The fourth-order valence-electron chi connectivity index (χ4n) is 2.70. The Balaban J connectivity index is 1.65. The Bertz CT molecular complexity index is 989. The second kappa shape index (κ2) is 8.30. The number of aromatic nitrogens is 2. The number of methoxy groups -OCH3 is 3. The van der Waals surface area contributed by atoms with Crippen LogP contribution in [0.3, 0.4) is 0 Å². The van der Waals surface area contributed by atoms with E-state index < -0.39 is 5.91 Å². The molecule has 0 unspecified atom stereocenters. The SMILES string of the molecule is COc1cc(C(=O)NCC(=O)Nc2ccc3[nH]ncc3c2)cc(OC)c1OC. The number of fused-ring (bicyclic) bond motifs is 1. The molecular formula is C19H20N4O5. The third-order valence-corrected chi connectivity index (χ3v) is 4.06. The number of ether oxygens (including phenoxy) is 3. The summed E-state index contributed by atoms with van der Waals surface area (Å²) in [6, 6.07) is 8.38. The van der Waals surface area contributed by atoms with Crippen molar-refractivity contribution in [2.45, 2.75) is 0 Å². The Labute approximate surface area is 161 Å². The van der Waals surface area contributed by atoms with Crippen LogP contribution in [-0.2, 0) is 4.79 Å². The van der Waals surface area contributed by atoms with Gasteiger partial charge < -0.3 is 24.8 Å². The maximum atomic E-state index is 12.4. The number of hydrogen-bond acceptors (Lipinski definition) is 6. The van der Waals surface area contributed by atoms with Crippen molar-refractivity contribution < 1.29 is 23.8 Å². The van der Waals surface area contributed by atoms with E-state index in [2.05, 4.69) is 20.8 Å². The maximum Gasteiger partial charge on any atom is 0.251 e. The van der Waals surface area contributed by atoms with E-state index in [1.807, 2.05) is 6.07 Å². The number of nitrogens with one attached hydrogen (secondary N) is 3. The van der Waals surface area contributed by atoms with Crippen molar-refractivity contribution in [3.63, 3.8) is 0 Å². The number of amides is 2. The summed E-state index contributed by atoms with van der Waals surface area (Å²) in [5.74, 6) is 0.284. The second-order valence-corrected chi connectivity index (χ2v) is 5.82. The molecule has 2 amide bonds. The van der Waals surface area contributed by atoms with Gasteiger partial charge >= 0.3 is 0 Å². The van der Waals surface area contributed by atoms with Gasteiger partial charge in [0, 0.05) is 16.6 Å². The summed E-state index contributed by atoms with van der Waals surface area (Å²) >= 11 is 0. The number of H-pyrrole nitrogens is 1. The Hall–Kier alpha value is -3.75. The van der Waals surface area contributed by atoms with E-state index in [0.29, 0.717) is 22.9 Å². The molecule has 3 N–H and O–H groups in total. The fraction of sp³-hybridized carbons (Fsp3) is 0.211. The first-order valence-corrected chi connectivity index (χ1v) is 8.37. The number of aromatic amines is 1. The van der Waals surface area contributed by atoms with E-state index in [0.717, 1.165) is 10.9 Å². The molecule has 0 atom stereocenters. The summed E-state index contributed by atoms with van der Waals surface area (Å²) in [5.41, 5.74) is 1.76. The highest BCUT2D eigenvalue weighted by Crippen LogP contribution is 2.38. The minimum absolute atomic E-state index is 0.196. The lowest BCUT2D eigenvalue weighted by Crippen LogP contribution is -2.32. The van der Waals surface area contributed by atoms with Crippen LogP contribution >= 0.6 is 0 Å². The monoisotopic (exact) mass is 384 g/mol. The Morgan fingerprint density at radius 1 is 1.04 bits per heavy atom. The Morgan fingerprint density at radius 2 is 1.75 bits per heavy atom. The number of carbonyl (C=O) groups excluding carboxylic acids is 2. The summed E-state index contributed by atoms with van der Waals surface area (Å²) in [6.07, 6.45) is 1.66. The molecule has 0 spiro atoms. The standard InChI is InChI=1S/C19H20N4O5/c1-26-15-7-11(8-16(27-2)18(15)28-3)19(25)20-10-17(24)22-13-4-5-14-12(6-13)9-21-23-14/h4-9H,10H2,1-3H3,(H,20,25)(H,21,23)(H,22,24). The van der Waals surface area contributed by atoms with Gasteiger partial charge in [0.15, 0.2) is 11.5 Å². The van der Waals surface area contributed by atoms with Gasteiger partial charge in [0.2, 0.25) is 11.7 Å². The molecule has 0 aliphatic carbocycles. The van der Waals surface area contributed by atoms with Crippen LogP contribution in [0.5, 0.6) is 17.2 Å². The normalized spacial score (nSPS) is 10.4. The minimum Gasteiger partial charge on any atom is -0.493 e. The first kappa shape index (κ1) is 19.0. The van der Waals surface area contributed by atoms with Crippen molar-refractivity contribution >= 4 is 28.4 Å². The van der Waals surface area contributed by atoms with Crippen LogP contribution in [-0.4, -0.2) is 49.9 Å². The Morgan fingerprint density at radius 3 is 2.39 bits per heavy atom. The largest absolute Gasteiger partial charge is 0.493 e. The molecule has 28 heavy (non-hydrogen) atoms. The average molecular weight is 384 g/mol. The van der Waals surface area contributed by atoms with Gasteiger partial charge in [0.1, 0.15) is 0 Å². The molecule has 0 saturated heterocycles. The zero-order valence-corrected chi connectivity index (χ0v) is 15.7. The van der Waals surface area contributed by atoms with Crippen LogP contribution in [0.2, 0.25) is 0 Å². The summed E-state index contributed by atoms with van der Waals surface area (Å²) in [7, 11) is 4.40. The van der Waals surface area contributed by atoms with Crippen LogP contribution in [0, 0.1) is 0 Å². The van der Waals surface area contributed by atoms with Gasteiger partial charge in [-0.1, -0.05) is 0 Å². The van der Waals surface area contributed by atoms with Crippen LogP contribution in [0.15, 0.2) is 36.5 Å². The van der Waals surface area contributed by atoms with Gasteiger partial charge in [-0.2, -0.15) is 5.10 Å². The number of nitrogens with zero attached hydrogens (tertiary/aromatic N) is 1. The molecule has 1 aromatic heterocycles. The van der Waals surface area contributed by atoms with E-state index in [1.54, 1.807) is 18.3 Å². The summed E-state index contributed by atoms with van der Waals surface area (Å²) in [6.45, 7) is -0.196. The van der Waals surface area contributed by atoms with E-state index in [1.165, 1.54) is 33.5 Å². The molecule has 3 rings (SSSR count). The molecule has 0 aliphatic rings. The van der Waals surface area contributed by atoms with Crippen molar-refractivity contribution in [2.75, 3.05) is 33.2 Å². The van der Waals surface area contributed by atoms with E-state index >= 15 is 0 Å². The van der Waals surface area contributed by atoms with Gasteiger partial charge in [-0.3, -0.25) is 14.7 Å². The quantitative estimate of drug-likeness (QED) is 0.574. The van der Waals surface area contributed by atoms with Gasteiger partial charge in [0.25, 0.3) is 5.91 Å². The van der Waals surface area contributed by atoms with E-state index in [-0.39, 0.29) is 18.0 Å². The summed E-state index contributed by atoms with van der Waals surface area (Å²) in [4.78, 5) is 24.6. The highest BCUT2D eigenvalue weighted by Gasteiger charge is 2.17. The molecule has 9 heteroatoms. The maximum absolute atomic E-state index is 12.4. The van der Waals surface area contributed by atoms with Crippen LogP contribution in [0.25, 0.3) is 10.9 Å². The number of carbonyl (C=O) groups is 2. The lowest BCUT2D eigenvalue weighted by Gasteiger charge is -2.14. The molecule has 0 aliphatic heterocycles. The molecule has 9 nitrogen and oxygen atoms in total. The topological polar surface area (TPSA) is 115 Å². The van der Waals surface area contributed by atoms with Gasteiger partial charge in [-0.05, 0) is 30.3 Å². The van der Waals surface area contributed by atoms with Crippen molar-refractivity contribution in [3.05, 3.63) is 42.1 Å². The van der Waals surface area contributed by atoms with Crippen molar-refractivity contribution in [1.29, 1.82) is 0 Å². The first-order chi connectivity index (χ1) is 13.5. The lowest BCUT2D eigenvalue weighted by atomic mass is 10.1. The molecule has 1 heterocycles. The smallest absolute Gasteiger partial charge is 0.251 e. The van der Waals surface area contributed by atoms with Crippen LogP contribution in [0.1, 0.15) is 10.4 Å². The molecule has 3 aromatic rings. The van der Waals surface area contributed by atoms with Crippen molar-refractivity contribution in [1.82, 2.24) is 15.5 Å². The van der Waals surface area contributed by atoms with Crippen molar-refractivity contribution in [3.8, 4) is 17.2 Å². The molecule has 0 bridgehead atoms. The average Bonchev–Trinajstić information content (AvgIpc) is 3.18. The van der Waals surface area contributed by atoms with Gasteiger partial charge in [0.05, 0.1) is 39.6 Å². The fourth-order valence-corrected chi connectivity index (χ4v) is 2.70. The molecule has 146 valence electrons. The molecule has 0 saturated carbocycles. The number of hydrogen-bond donors (Lipinski definition) is 3. The van der Waals surface area contributed by atoms with Crippen molar-refractivity contribution in [2.24, 2.45) is 0 Å². The molecule has 0 fully saturated rings. The molecule has 2 aromatic carbocycles. The Kier molecular flexibility index (Phi) is 5.64. The zero-order valence-electron chi connectivity index (χ0n) is 15.7. The van der Waals surface area contributed by atoms with Gasteiger partial charge in [-0.15, -0.1) is 0 Å². The third-order valence-electron chi connectivity index (χ3n) is 4.06. The van der Waals surface area contributed by atoms with E-state index in [9.17, 15) is 9.59 Å².